The lowest BCUT2D eigenvalue weighted by molar-refractivity contribution is -0.118. The van der Waals surface area contributed by atoms with Crippen LogP contribution in [0.2, 0.25) is 10.0 Å². The number of hydrogen-bond donors (Lipinski definition) is 3. The molecule has 3 aliphatic rings. The van der Waals surface area contributed by atoms with Crippen molar-refractivity contribution in [3.63, 3.8) is 0 Å². The molecular weight excluding hydrogens is 566 g/mol. The van der Waals surface area contributed by atoms with Gasteiger partial charge in [0.25, 0.3) is 0 Å². The number of benzene rings is 3. The number of hydrogen-bond acceptors (Lipinski definition) is 6. The van der Waals surface area contributed by atoms with Gasteiger partial charge in [-0.05, 0) is 73.6 Å². The summed E-state index contributed by atoms with van der Waals surface area (Å²) in [5.41, 5.74) is 10.6. The van der Waals surface area contributed by atoms with Crippen LogP contribution in [0, 0.1) is 18.7 Å². The van der Waals surface area contributed by atoms with Crippen molar-refractivity contribution in [2.75, 3.05) is 29.6 Å². The summed E-state index contributed by atoms with van der Waals surface area (Å²) in [6, 6.07) is 12.9. The van der Waals surface area contributed by atoms with Crippen LogP contribution in [0.5, 0.6) is 0 Å². The number of fused-ring (bicyclic) bond motifs is 2. The van der Waals surface area contributed by atoms with Crippen molar-refractivity contribution in [2.24, 2.45) is 5.92 Å². The van der Waals surface area contributed by atoms with Crippen molar-refractivity contribution in [3.05, 3.63) is 86.6 Å². The van der Waals surface area contributed by atoms with Crippen LogP contribution in [0.25, 0.3) is 0 Å². The zero-order valence-electron chi connectivity index (χ0n) is 22.7. The van der Waals surface area contributed by atoms with Gasteiger partial charge in [-0.2, -0.15) is 0 Å². The number of rotatable bonds is 5. The summed E-state index contributed by atoms with van der Waals surface area (Å²) < 4.78 is 20.5. The zero-order valence-corrected chi connectivity index (χ0v) is 24.2. The number of nitrogens with two attached hydrogens (primary N) is 1. The van der Waals surface area contributed by atoms with Crippen LogP contribution in [0.3, 0.4) is 0 Å². The number of ether oxygens (including phenoxy) is 1. The molecule has 2 aliphatic heterocycles. The zero-order chi connectivity index (χ0) is 29.0. The molecule has 10 heteroatoms. The number of carbonyl (C=O) groups excluding carboxylic acids is 2. The summed E-state index contributed by atoms with van der Waals surface area (Å²) in [6.45, 7) is 2.58. The molecule has 2 heterocycles. The second-order valence-corrected chi connectivity index (χ2v) is 12.0. The number of anilines is 3. The fraction of sp³-hybridized carbons (Fsp3) is 0.355. The maximum Gasteiger partial charge on any atom is 0.338 e. The largest absolute Gasteiger partial charge is 0.465 e. The molecule has 0 spiro atoms. The highest BCUT2D eigenvalue weighted by Crippen LogP contribution is 2.46. The van der Waals surface area contributed by atoms with Crippen LogP contribution >= 0.6 is 23.2 Å². The fourth-order valence-corrected chi connectivity index (χ4v) is 6.71. The molecule has 1 saturated carbocycles. The quantitative estimate of drug-likeness (QED) is 0.238. The maximum atomic E-state index is 15.6. The highest BCUT2D eigenvalue weighted by molar-refractivity contribution is 6.31. The van der Waals surface area contributed by atoms with Gasteiger partial charge >= 0.3 is 5.97 Å². The average Bonchev–Trinajstić information content (AvgIpc) is 3.68. The lowest BCUT2D eigenvalue weighted by atomic mass is 9.84. The number of carbonyl (C=O) groups is 2. The highest BCUT2D eigenvalue weighted by atomic mass is 35.5. The van der Waals surface area contributed by atoms with Crippen molar-refractivity contribution in [1.29, 1.82) is 0 Å². The molecule has 0 bridgehead atoms. The SMILES string of the molecule is COC(=O)c1ccc(C2C[C@H]3[C@@H](N2)[C@H](c2cccc(Cl)c2F)C(=O)Nc2cc(Cl)ccc2N3CC2CC2)c(N)c1C. The Hall–Kier alpha value is -3.33. The first kappa shape index (κ1) is 27.8. The first-order valence-corrected chi connectivity index (χ1v) is 14.5. The Morgan fingerprint density at radius 2 is 1.93 bits per heavy atom. The molecule has 41 heavy (non-hydrogen) atoms. The highest BCUT2D eigenvalue weighted by Gasteiger charge is 2.49. The van der Waals surface area contributed by atoms with E-state index in [0.29, 0.717) is 39.9 Å². The minimum atomic E-state index is -0.894. The van der Waals surface area contributed by atoms with Gasteiger partial charge < -0.3 is 26.0 Å². The van der Waals surface area contributed by atoms with Gasteiger partial charge in [-0.15, -0.1) is 0 Å². The van der Waals surface area contributed by atoms with E-state index in [9.17, 15) is 9.59 Å². The van der Waals surface area contributed by atoms with E-state index in [0.717, 1.165) is 30.6 Å². The number of nitrogen functional groups attached to an aromatic ring is 1. The van der Waals surface area contributed by atoms with Crippen LogP contribution < -0.4 is 21.3 Å². The molecule has 1 amide bonds. The predicted octanol–water partition coefficient (Wildman–Crippen LogP) is 6.23. The van der Waals surface area contributed by atoms with Crippen molar-refractivity contribution < 1.29 is 18.7 Å². The molecule has 0 aromatic heterocycles. The molecule has 4 N–H and O–H groups in total. The van der Waals surface area contributed by atoms with Gasteiger partial charge in [-0.25, -0.2) is 9.18 Å². The third-order valence-electron chi connectivity index (χ3n) is 8.65. The first-order chi connectivity index (χ1) is 19.7. The third kappa shape index (κ3) is 5.02. The Morgan fingerprint density at radius 1 is 1.15 bits per heavy atom. The topological polar surface area (TPSA) is 96.7 Å². The Bertz CT molecular complexity index is 1550. The summed E-state index contributed by atoms with van der Waals surface area (Å²) in [7, 11) is 1.33. The van der Waals surface area contributed by atoms with Crippen LogP contribution in [0.15, 0.2) is 48.5 Å². The number of amides is 1. The van der Waals surface area contributed by atoms with E-state index in [1.807, 2.05) is 18.2 Å². The molecule has 4 atom stereocenters. The second kappa shape index (κ2) is 10.8. The van der Waals surface area contributed by atoms with Gasteiger partial charge in [0.15, 0.2) is 0 Å². The van der Waals surface area contributed by atoms with E-state index in [2.05, 4.69) is 15.5 Å². The fourth-order valence-electron chi connectivity index (χ4n) is 6.36. The summed E-state index contributed by atoms with van der Waals surface area (Å²) >= 11 is 12.6. The normalized spacial score (nSPS) is 23.7. The molecule has 214 valence electrons. The minimum Gasteiger partial charge on any atom is -0.465 e. The summed E-state index contributed by atoms with van der Waals surface area (Å²) in [5, 5.41) is 7.16. The Balaban J connectivity index is 1.50. The molecular formula is C31H31Cl2FN4O3. The summed E-state index contributed by atoms with van der Waals surface area (Å²) in [6.07, 6.45) is 2.87. The van der Waals surface area contributed by atoms with Gasteiger partial charge in [0.2, 0.25) is 5.91 Å². The van der Waals surface area contributed by atoms with E-state index in [-0.39, 0.29) is 28.6 Å². The van der Waals surface area contributed by atoms with Crippen LogP contribution in [-0.2, 0) is 9.53 Å². The number of nitrogens with one attached hydrogen (secondary N) is 2. The summed E-state index contributed by atoms with van der Waals surface area (Å²) in [4.78, 5) is 28.6. The second-order valence-electron chi connectivity index (χ2n) is 11.1. The first-order valence-electron chi connectivity index (χ1n) is 13.7. The Morgan fingerprint density at radius 3 is 2.66 bits per heavy atom. The standard InChI is InChI=1S/C31H31Cl2FN4O3/c1-15-18(31(40)41-2)9-10-19(28(15)35)22-13-25-29(36-22)26(20-4-3-5-21(33)27(20)34)30(39)37-23-12-17(32)8-11-24(23)38(25)14-16-6-7-16/h3-5,8-12,16,22,25-26,29,36H,6-7,13-14,35H2,1-2H3,(H,37,39)/t22?,25-,26-,29+/m0/s1. The molecule has 1 aliphatic carbocycles. The average molecular weight is 598 g/mol. The van der Waals surface area contributed by atoms with E-state index in [4.69, 9.17) is 33.7 Å². The molecule has 1 unspecified atom stereocenters. The molecule has 0 radical (unpaired) electrons. The minimum absolute atomic E-state index is 0.0417. The van der Waals surface area contributed by atoms with Gasteiger partial charge in [0.1, 0.15) is 5.82 Å². The van der Waals surface area contributed by atoms with Crippen LogP contribution in [0.4, 0.5) is 21.5 Å². The van der Waals surface area contributed by atoms with Gasteiger partial charge in [0, 0.05) is 40.9 Å². The lowest BCUT2D eigenvalue weighted by Crippen LogP contribution is -2.52. The van der Waals surface area contributed by atoms with Crippen molar-refractivity contribution in [1.82, 2.24) is 5.32 Å². The van der Waals surface area contributed by atoms with Crippen LogP contribution in [-0.4, -0.2) is 37.6 Å². The third-order valence-corrected chi connectivity index (χ3v) is 9.18. The maximum absolute atomic E-state index is 15.6. The van der Waals surface area contributed by atoms with Crippen molar-refractivity contribution in [2.45, 2.75) is 50.2 Å². The number of methoxy groups -OCH3 is 1. The van der Waals surface area contributed by atoms with Crippen molar-refractivity contribution >= 4 is 52.1 Å². The van der Waals surface area contributed by atoms with E-state index < -0.39 is 23.7 Å². The molecule has 3 aromatic rings. The van der Waals surface area contributed by atoms with Gasteiger partial charge in [-0.1, -0.05) is 41.4 Å². The number of nitrogens with zero attached hydrogens (tertiary/aromatic N) is 1. The van der Waals surface area contributed by atoms with Crippen LogP contribution in [0.1, 0.15) is 58.3 Å². The smallest absolute Gasteiger partial charge is 0.338 e. The Kier molecular flexibility index (Phi) is 7.34. The molecule has 1 saturated heterocycles. The Labute approximate surface area is 248 Å². The van der Waals surface area contributed by atoms with Crippen molar-refractivity contribution in [3.8, 4) is 0 Å². The molecule has 7 nitrogen and oxygen atoms in total. The predicted molar refractivity (Wildman–Crippen MR) is 159 cm³/mol. The lowest BCUT2D eigenvalue weighted by Gasteiger charge is -2.41. The number of halogens is 3. The molecule has 3 aromatic carbocycles. The van der Waals surface area contributed by atoms with E-state index in [1.165, 1.54) is 13.2 Å². The number of esters is 1. The van der Waals surface area contributed by atoms with E-state index in [1.54, 1.807) is 31.2 Å². The van der Waals surface area contributed by atoms with E-state index >= 15 is 4.39 Å². The molecule has 6 rings (SSSR count). The molecule has 2 fully saturated rings. The van der Waals surface area contributed by atoms with Gasteiger partial charge in [0.05, 0.1) is 35.0 Å². The summed E-state index contributed by atoms with van der Waals surface area (Å²) in [5.74, 6) is -1.79. The monoisotopic (exact) mass is 596 g/mol. The van der Waals surface area contributed by atoms with Gasteiger partial charge in [-0.3, -0.25) is 4.79 Å².